The predicted octanol–water partition coefficient (Wildman–Crippen LogP) is 14.6. The fourth-order valence-electron chi connectivity index (χ4n) is 8.13. The molecule has 0 saturated carbocycles. The summed E-state index contributed by atoms with van der Waals surface area (Å²) in [4.78, 5) is 9.23. The fraction of sp³-hybridized carbons (Fsp3) is 0.214. The first-order chi connectivity index (χ1) is 29.3. The second-order valence-electron chi connectivity index (χ2n) is 18.7. The van der Waals surface area contributed by atoms with Crippen LogP contribution in [0.5, 0.6) is 11.5 Å². The maximum atomic E-state index is 6.80. The second kappa shape index (κ2) is 17.1. The third-order valence-electron chi connectivity index (χ3n) is 11.5. The van der Waals surface area contributed by atoms with Crippen LogP contribution in [0.3, 0.4) is 0 Å². The minimum Gasteiger partial charge on any atom is -0.509 e. The molecule has 1 aliphatic heterocycles. The Hall–Kier alpha value is -5.90. The number of nitrogens with zero attached hydrogens (tertiary/aromatic N) is 4. The standard InChI is InChI=1S/C56H53N4O.Pt/c1-38(2)27-39-23-24-57-54(28-39)60-52-22-19-42(40-15-11-9-12-16-40)31-51(52)50-21-20-48(36-53(50)60)61-49-30-43(41-17-13-10-14-18-41)29-46(35-49)58-25-26-59(37-58)47-33-44(55(3,4)5)32-45(34-47)56(6,7)8;/h9-26,28-34,37-38H,27H2,1-8H3;/q-3;. The van der Waals surface area contributed by atoms with Crippen molar-refractivity contribution in [3.05, 3.63) is 188 Å². The van der Waals surface area contributed by atoms with Crippen molar-refractivity contribution in [2.45, 2.75) is 72.6 Å². The van der Waals surface area contributed by atoms with Gasteiger partial charge in [-0.2, -0.15) is 6.07 Å². The van der Waals surface area contributed by atoms with Gasteiger partial charge in [0.1, 0.15) is 5.82 Å². The average Bonchev–Trinajstić information content (AvgIpc) is 3.87. The van der Waals surface area contributed by atoms with Gasteiger partial charge in [0.25, 0.3) is 0 Å². The summed E-state index contributed by atoms with van der Waals surface area (Å²) in [7, 11) is 0. The van der Waals surface area contributed by atoms with Gasteiger partial charge in [0.15, 0.2) is 0 Å². The first-order valence-corrected chi connectivity index (χ1v) is 21.3. The first-order valence-electron chi connectivity index (χ1n) is 21.3. The van der Waals surface area contributed by atoms with Crippen molar-refractivity contribution in [3.63, 3.8) is 0 Å². The predicted molar refractivity (Wildman–Crippen MR) is 254 cm³/mol. The molecule has 6 aromatic carbocycles. The van der Waals surface area contributed by atoms with Crippen molar-refractivity contribution in [1.82, 2.24) is 9.55 Å². The van der Waals surface area contributed by atoms with E-state index in [1.807, 2.05) is 18.3 Å². The van der Waals surface area contributed by atoms with Crippen molar-refractivity contribution in [2.24, 2.45) is 5.92 Å². The van der Waals surface area contributed by atoms with Crippen LogP contribution in [-0.4, -0.2) is 9.55 Å². The van der Waals surface area contributed by atoms with Crippen molar-refractivity contribution >= 4 is 33.2 Å². The molecule has 0 radical (unpaired) electrons. The van der Waals surface area contributed by atoms with Crippen LogP contribution in [0.4, 0.5) is 11.4 Å². The molecule has 0 N–H and O–H groups in total. The van der Waals surface area contributed by atoms with Crippen LogP contribution in [0.25, 0.3) is 49.9 Å². The molecule has 1 aliphatic rings. The topological polar surface area (TPSA) is 33.5 Å². The number of aromatic nitrogens is 2. The maximum absolute atomic E-state index is 6.80. The number of rotatable bonds is 9. The first kappa shape index (κ1) is 42.8. The van der Waals surface area contributed by atoms with Gasteiger partial charge in [-0.05, 0) is 105 Å². The number of pyridine rings is 1. The molecule has 0 unspecified atom stereocenters. The quantitative estimate of drug-likeness (QED) is 0.135. The molecule has 6 heteroatoms. The molecule has 0 fully saturated rings. The number of hydrogen-bond acceptors (Lipinski definition) is 4. The van der Waals surface area contributed by atoms with E-state index in [9.17, 15) is 0 Å². The van der Waals surface area contributed by atoms with Crippen LogP contribution in [0.15, 0.2) is 152 Å². The Morgan fingerprint density at radius 2 is 1.27 bits per heavy atom. The third-order valence-corrected chi connectivity index (χ3v) is 11.5. The molecular weight excluding hydrogens is 940 g/mol. The number of benzene rings is 6. The van der Waals surface area contributed by atoms with Crippen LogP contribution < -0.4 is 14.5 Å². The summed E-state index contributed by atoms with van der Waals surface area (Å²) in [5.41, 5.74) is 12.3. The van der Waals surface area contributed by atoms with E-state index in [1.165, 1.54) is 22.3 Å². The Morgan fingerprint density at radius 3 is 1.94 bits per heavy atom. The number of anilines is 2. The van der Waals surface area contributed by atoms with Gasteiger partial charge in [-0.25, -0.2) is 4.98 Å². The summed E-state index contributed by atoms with van der Waals surface area (Å²) in [6, 6.07) is 54.7. The Labute approximate surface area is 382 Å². The number of ether oxygens (including phenoxy) is 1. The summed E-state index contributed by atoms with van der Waals surface area (Å²) in [6.07, 6.45) is 7.10. The largest absolute Gasteiger partial charge is 0.509 e. The van der Waals surface area contributed by atoms with Crippen LogP contribution >= 0.6 is 0 Å². The molecule has 0 amide bonds. The van der Waals surface area contributed by atoms with Crippen molar-refractivity contribution in [1.29, 1.82) is 0 Å². The third kappa shape index (κ3) is 8.87. The van der Waals surface area contributed by atoms with Gasteiger partial charge in [-0.3, -0.25) is 0 Å². The second-order valence-corrected chi connectivity index (χ2v) is 18.7. The Morgan fingerprint density at radius 1 is 0.613 bits per heavy atom. The molecule has 5 nitrogen and oxygen atoms in total. The minimum absolute atomic E-state index is 0. The zero-order valence-corrected chi connectivity index (χ0v) is 39.1. The summed E-state index contributed by atoms with van der Waals surface area (Å²) >= 11 is 0. The molecular formula is C56H53N4OPt-3. The molecule has 2 aromatic heterocycles. The molecule has 8 aromatic rings. The van der Waals surface area contributed by atoms with Gasteiger partial charge in [0.05, 0.1) is 0 Å². The van der Waals surface area contributed by atoms with E-state index in [4.69, 9.17) is 9.72 Å². The van der Waals surface area contributed by atoms with Gasteiger partial charge < -0.3 is 19.1 Å². The summed E-state index contributed by atoms with van der Waals surface area (Å²) in [6.45, 7) is 20.3. The van der Waals surface area contributed by atoms with Gasteiger partial charge in [-0.1, -0.05) is 140 Å². The maximum Gasteiger partial charge on any atom is 0.135 e. The molecule has 62 heavy (non-hydrogen) atoms. The zero-order valence-electron chi connectivity index (χ0n) is 36.8. The summed E-state index contributed by atoms with van der Waals surface area (Å²) in [5, 5.41) is 2.22. The number of fused-ring (bicyclic) bond motifs is 3. The van der Waals surface area contributed by atoms with Crippen LogP contribution in [-0.2, 0) is 38.3 Å². The van der Waals surface area contributed by atoms with Gasteiger partial charge in [-0.15, -0.1) is 53.6 Å². The smallest absolute Gasteiger partial charge is 0.135 e. The molecule has 0 atom stereocenters. The Balaban J connectivity index is 0.00000529. The van der Waals surface area contributed by atoms with E-state index < -0.39 is 0 Å². The Bertz CT molecular complexity index is 2870. The SMILES string of the molecule is CC(C)Cc1ccnc(-n2c3[c-]c(Oc4[c-]c(N5C=CN(c6cc(C(C)(C)C)cc(C(C)(C)C)c6)[CH-]5)cc(-c5ccccc5)c4)ccc3c3cc(-c4ccccc4)ccc32)c1.[Pt]. The van der Waals surface area contributed by atoms with Gasteiger partial charge in [0, 0.05) is 50.0 Å². The van der Waals surface area contributed by atoms with E-state index in [0.717, 1.165) is 62.1 Å². The molecule has 0 saturated heterocycles. The fourth-order valence-corrected chi connectivity index (χ4v) is 8.13. The van der Waals surface area contributed by atoms with Gasteiger partial charge >= 0.3 is 0 Å². The van der Waals surface area contributed by atoms with Crippen molar-refractivity contribution in [3.8, 4) is 39.6 Å². The van der Waals surface area contributed by atoms with E-state index >= 15 is 0 Å². The minimum atomic E-state index is 0. The van der Waals surface area contributed by atoms with Gasteiger partial charge in [0.2, 0.25) is 0 Å². The van der Waals surface area contributed by atoms with E-state index in [0.29, 0.717) is 17.4 Å². The normalized spacial score (nSPS) is 13.0. The van der Waals surface area contributed by atoms with E-state index in [1.54, 1.807) is 0 Å². The molecule has 9 rings (SSSR count). The summed E-state index contributed by atoms with van der Waals surface area (Å²) < 4.78 is 9.03. The van der Waals surface area contributed by atoms with Crippen LogP contribution in [0.2, 0.25) is 0 Å². The molecule has 0 aliphatic carbocycles. The molecule has 3 heterocycles. The van der Waals surface area contributed by atoms with E-state index in [2.05, 4.69) is 222 Å². The average molecular weight is 993 g/mol. The number of hydrogen-bond donors (Lipinski definition) is 0. The molecule has 0 bridgehead atoms. The Kier molecular flexibility index (Phi) is 11.8. The van der Waals surface area contributed by atoms with Crippen LogP contribution in [0.1, 0.15) is 72.1 Å². The molecule has 316 valence electrons. The zero-order chi connectivity index (χ0) is 42.5. The van der Waals surface area contributed by atoms with E-state index in [-0.39, 0.29) is 31.9 Å². The van der Waals surface area contributed by atoms with Crippen molar-refractivity contribution in [2.75, 3.05) is 9.80 Å². The van der Waals surface area contributed by atoms with Crippen molar-refractivity contribution < 1.29 is 25.8 Å². The van der Waals surface area contributed by atoms with Crippen LogP contribution in [0, 0.1) is 24.7 Å². The molecule has 0 spiro atoms. The summed E-state index contributed by atoms with van der Waals surface area (Å²) in [5.74, 6) is 2.59. The monoisotopic (exact) mass is 992 g/mol.